The van der Waals surface area contributed by atoms with Gasteiger partial charge in [0.2, 0.25) is 0 Å². The summed E-state index contributed by atoms with van der Waals surface area (Å²) in [6, 6.07) is 16.4. The highest BCUT2D eigenvalue weighted by atomic mass is 19.1. The molecule has 0 heterocycles. The van der Waals surface area contributed by atoms with Gasteiger partial charge in [-0.1, -0.05) is 55.5 Å². The summed E-state index contributed by atoms with van der Waals surface area (Å²) in [5, 5.41) is 0. The van der Waals surface area contributed by atoms with E-state index in [1.54, 1.807) is 12.1 Å². The molecule has 0 amide bonds. The first kappa shape index (κ1) is 11.8. The van der Waals surface area contributed by atoms with Crippen molar-refractivity contribution in [2.24, 2.45) is 5.73 Å². The predicted molar refractivity (Wildman–Crippen MR) is 68.1 cm³/mol. The molecule has 2 rings (SSSR count). The van der Waals surface area contributed by atoms with Crippen LogP contribution < -0.4 is 5.73 Å². The molecule has 1 unspecified atom stereocenters. The van der Waals surface area contributed by atoms with Crippen molar-refractivity contribution in [3.63, 3.8) is 0 Å². The fraction of sp³-hybridized carbons (Fsp3) is 0.200. The summed E-state index contributed by atoms with van der Waals surface area (Å²) in [6.45, 7) is 1.97. The predicted octanol–water partition coefficient (Wildman–Crippen LogP) is 3.44. The maximum absolute atomic E-state index is 13.9. The van der Waals surface area contributed by atoms with E-state index >= 15 is 0 Å². The van der Waals surface area contributed by atoms with Crippen LogP contribution in [0.2, 0.25) is 0 Å². The molecular weight excluding hydrogens is 213 g/mol. The van der Waals surface area contributed by atoms with Crippen molar-refractivity contribution >= 4 is 0 Å². The SMILES string of the molecule is CCC(N)(c1ccccc1)c1ccccc1F. The number of rotatable bonds is 3. The lowest BCUT2D eigenvalue weighted by Crippen LogP contribution is -2.38. The Hall–Kier alpha value is -1.67. The fourth-order valence-corrected chi connectivity index (χ4v) is 2.11. The molecule has 1 atom stereocenters. The number of benzene rings is 2. The van der Waals surface area contributed by atoms with E-state index < -0.39 is 5.54 Å². The molecule has 0 saturated heterocycles. The topological polar surface area (TPSA) is 26.0 Å². The molecule has 0 spiro atoms. The van der Waals surface area contributed by atoms with Crippen LogP contribution in [-0.4, -0.2) is 0 Å². The molecule has 0 aliphatic rings. The molecule has 17 heavy (non-hydrogen) atoms. The monoisotopic (exact) mass is 229 g/mol. The molecule has 88 valence electrons. The molecule has 0 radical (unpaired) electrons. The lowest BCUT2D eigenvalue weighted by atomic mass is 9.81. The van der Waals surface area contributed by atoms with Crippen LogP contribution in [0, 0.1) is 5.82 Å². The van der Waals surface area contributed by atoms with E-state index in [4.69, 9.17) is 5.73 Å². The maximum atomic E-state index is 13.9. The quantitative estimate of drug-likeness (QED) is 0.857. The first-order valence-electron chi connectivity index (χ1n) is 5.78. The molecule has 0 aliphatic carbocycles. The first-order valence-corrected chi connectivity index (χ1v) is 5.78. The Bertz CT molecular complexity index is 495. The van der Waals surface area contributed by atoms with Gasteiger partial charge in [-0.25, -0.2) is 4.39 Å². The van der Waals surface area contributed by atoms with Gasteiger partial charge in [0, 0.05) is 5.56 Å². The van der Waals surface area contributed by atoms with Crippen molar-refractivity contribution in [1.29, 1.82) is 0 Å². The number of nitrogens with two attached hydrogens (primary N) is 1. The van der Waals surface area contributed by atoms with E-state index in [0.29, 0.717) is 12.0 Å². The Morgan fingerprint density at radius 2 is 1.59 bits per heavy atom. The van der Waals surface area contributed by atoms with Gasteiger partial charge in [0.25, 0.3) is 0 Å². The summed E-state index contributed by atoms with van der Waals surface area (Å²) in [5.41, 5.74) is 7.13. The zero-order chi connectivity index (χ0) is 12.3. The average molecular weight is 229 g/mol. The number of hydrogen-bond acceptors (Lipinski definition) is 1. The molecule has 2 aromatic carbocycles. The van der Waals surface area contributed by atoms with Gasteiger partial charge in [0.1, 0.15) is 5.82 Å². The third-order valence-corrected chi connectivity index (χ3v) is 3.20. The zero-order valence-corrected chi connectivity index (χ0v) is 9.86. The third-order valence-electron chi connectivity index (χ3n) is 3.20. The minimum Gasteiger partial charge on any atom is -0.318 e. The van der Waals surface area contributed by atoms with E-state index in [1.807, 2.05) is 43.3 Å². The van der Waals surface area contributed by atoms with Crippen LogP contribution in [0.1, 0.15) is 24.5 Å². The highest BCUT2D eigenvalue weighted by Gasteiger charge is 2.29. The first-order chi connectivity index (χ1) is 8.18. The normalized spacial score (nSPS) is 14.3. The maximum Gasteiger partial charge on any atom is 0.128 e. The van der Waals surface area contributed by atoms with Crippen molar-refractivity contribution in [3.05, 3.63) is 71.5 Å². The van der Waals surface area contributed by atoms with Gasteiger partial charge >= 0.3 is 0 Å². The largest absolute Gasteiger partial charge is 0.318 e. The molecule has 2 N–H and O–H groups in total. The molecule has 0 saturated carbocycles. The lowest BCUT2D eigenvalue weighted by Gasteiger charge is -2.29. The highest BCUT2D eigenvalue weighted by molar-refractivity contribution is 5.38. The second-order valence-corrected chi connectivity index (χ2v) is 4.17. The van der Waals surface area contributed by atoms with Crippen LogP contribution in [0.15, 0.2) is 54.6 Å². The summed E-state index contributed by atoms with van der Waals surface area (Å²) in [6.07, 6.45) is 0.651. The van der Waals surface area contributed by atoms with Gasteiger partial charge in [-0.3, -0.25) is 0 Å². The summed E-state index contributed by atoms with van der Waals surface area (Å²) in [7, 11) is 0. The Morgan fingerprint density at radius 3 is 2.18 bits per heavy atom. The fourth-order valence-electron chi connectivity index (χ4n) is 2.11. The van der Waals surface area contributed by atoms with Gasteiger partial charge in [-0.15, -0.1) is 0 Å². The van der Waals surface area contributed by atoms with Gasteiger partial charge in [0.05, 0.1) is 5.54 Å². The highest BCUT2D eigenvalue weighted by Crippen LogP contribution is 2.31. The van der Waals surface area contributed by atoms with E-state index in [1.165, 1.54) is 6.07 Å². The molecule has 0 aromatic heterocycles. The van der Waals surface area contributed by atoms with E-state index in [9.17, 15) is 4.39 Å². The average Bonchev–Trinajstić information content (AvgIpc) is 2.39. The van der Waals surface area contributed by atoms with Gasteiger partial charge < -0.3 is 5.73 Å². The van der Waals surface area contributed by atoms with E-state index in [-0.39, 0.29) is 5.82 Å². The minimum absolute atomic E-state index is 0.249. The van der Waals surface area contributed by atoms with Crippen molar-refractivity contribution in [2.45, 2.75) is 18.9 Å². The molecule has 1 nitrogen and oxygen atoms in total. The van der Waals surface area contributed by atoms with Crippen molar-refractivity contribution in [1.82, 2.24) is 0 Å². The van der Waals surface area contributed by atoms with Crippen LogP contribution in [0.3, 0.4) is 0 Å². The smallest absolute Gasteiger partial charge is 0.128 e. The summed E-state index contributed by atoms with van der Waals surface area (Å²) in [4.78, 5) is 0. The van der Waals surface area contributed by atoms with E-state index in [0.717, 1.165) is 5.56 Å². The molecule has 0 fully saturated rings. The van der Waals surface area contributed by atoms with Crippen molar-refractivity contribution in [3.8, 4) is 0 Å². The summed E-state index contributed by atoms with van der Waals surface area (Å²) >= 11 is 0. The zero-order valence-electron chi connectivity index (χ0n) is 9.86. The molecular formula is C15H16FN. The summed E-state index contributed by atoms with van der Waals surface area (Å²) in [5.74, 6) is -0.249. The third kappa shape index (κ3) is 2.08. The van der Waals surface area contributed by atoms with Crippen LogP contribution in [0.4, 0.5) is 4.39 Å². The molecule has 2 heteroatoms. The van der Waals surface area contributed by atoms with Crippen molar-refractivity contribution in [2.75, 3.05) is 0 Å². The van der Waals surface area contributed by atoms with Crippen LogP contribution in [0.25, 0.3) is 0 Å². The second kappa shape index (κ2) is 4.68. The molecule has 0 bridgehead atoms. The summed E-state index contributed by atoms with van der Waals surface area (Å²) < 4.78 is 13.9. The Kier molecular flexibility index (Phi) is 3.25. The molecule has 0 aliphatic heterocycles. The Balaban J connectivity index is 2.56. The van der Waals surface area contributed by atoms with Crippen LogP contribution in [-0.2, 0) is 5.54 Å². The number of hydrogen-bond donors (Lipinski definition) is 1. The Labute approximate surface area is 101 Å². The minimum atomic E-state index is -0.757. The van der Waals surface area contributed by atoms with Crippen LogP contribution >= 0.6 is 0 Å². The van der Waals surface area contributed by atoms with Gasteiger partial charge in [0.15, 0.2) is 0 Å². The lowest BCUT2D eigenvalue weighted by molar-refractivity contribution is 0.479. The standard InChI is InChI=1S/C15H16FN/c1-2-15(17,12-8-4-3-5-9-12)13-10-6-7-11-14(13)16/h3-11H,2,17H2,1H3. The van der Waals surface area contributed by atoms with Gasteiger partial charge in [-0.2, -0.15) is 0 Å². The van der Waals surface area contributed by atoms with Crippen LogP contribution in [0.5, 0.6) is 0 Å². The second-order valence-electron chi connectivity index (χ2n) is 4.17. The van der Waals surface area contributed by atoms with Crippen molar-refractivity contribution < 1.29 is 4.39 Å². The molecule has 2 aromatic rings. The number of halogens is 1. The van der Waals surface area contributed by atoms with E-state index in [2.05, 4.69) is 0 Å². The Morgan fingerprint density at radius 1 is 1.00 bits per heavy atom. The van der Waals surface area contributed by atoms with Gasteiger partial charge in [-0.05, 0) is 18.1 Å².